The second kappa shape index (κ2) is 7.27. The maximum absolute atomic E-state index is 12.4. The molecule has 0 spiro atoms. The van der Waals surface area contributed by atoms with Gasteiger partial charge in [-0.05, 0) is 73.0 Å². The molecule has 0 saturated heterocycles. The number of aliphatic hydroxyl groups excluding tert-OH is 1. The highest BCUT2D eigenvalue weighted by Crippen LogP contribution is 2.71. The molecule has 4 aliphatic rings. The van der Waals surface area contributed by atoms with Crippen LogP contribution in [0.2, 0.25) is 0 Å². The third kappa shape index (κ3) is 2.98. The van der Waals surface area contributed by atoms with Gasteiger partial charge in [0.25, 0.3) is 0 Å². The molecule has 1 aromatic heterocycles. The third-order valence-corrected chi connectivity index (χ3v) is 9.79. The molecule has 0 amide bonds. The SMILES string of the molecule is CC(=O)OC1CC2(O)C(CCC3(C)C(c4ccc(=O)oc4)CCC32O)C2(C)CCC(O)C=C12. The molecule has 8 unspecified atom stereocenters. The highest BCUT2D eigenvalue weighted by Gasteiger charge is 2.74. The Labute approximate surface area is 193 Å². The minimum atomic E-state index is -1.46. The monoisotopic (exact) mass is 458 g/mol. The average molecular weight is 459 g/mol. The second-order valence-corrected chi connectivity index (χ2v) is 11.2. The molecule has 7 heteroatoms. The molecule has 1 heterocycles. The molecule has 1 aromatic rings. The van der Waals surface area contributed by atoms with Gasteiger partial charge in [0.15, 0.2) is 0 Å². The van der Waals surface area contributed by atoms with E-state index in [9.17, 15) is 24.9 Å². The molecule has 3 fully saturated rings. The zero-order chi connectivity index (χ0) is 23.8. The molecular weight excluding hydrogens is 424 g/mol. The molecule has 0 radical (unpaired) electrons. The van der Waals surface area contributed by atoms with Gasteiger partial charge in [-0.25, -0.2) is 4.79 Å². The van der Waals surface area contributed by atoms with Crippen molar-refractivity contribution in [2.24, 2.45) is 16.7 Å². The van der Waals surface area contributed by atoms with Gasteiger partial charge in [0.2, 0.25) is 0 Å². The van der Waals surface area contributed by atoms with E-state index in [0.717, 1.165) is 11.1 Å². The number of carbonyl (C=O) groups excluding carboxylic acids is 1. The molecule has 180 valence electrons. The standard InChI is InChI=1S/C26H34O7/c1-15(27)33-20-13-25(30)21(23(2)9-6-17(28)12-19(20)23)8-10-24(3)18(7-11-26(24,25)31)16-4-5-22(29)32-14-16/h4-5,12,14,17-18,20-21,28,30-31H,6-11,13H2,1-3H3. The third-order valence-electron chi connectivity index (χ3n) is 9.79. The lowest BCUT2D eigenvalue weighted by Crippen LogP contribution is -2.73. The van der Waals surface area contributed by atoms with Gasteiger partial charge in [-0.2, -0.15) is 0 Å². The summed E-state index contributed by atoms with van der Waals surface area (Å²) < 4.78 is 10.8. The minimum Gasteiger partial charge on any atom is -0.458 e. The Balaban J connectivity index is 1.60. The average Bonchev–Trinajstić information content (AvgIpc) is 3.02. The first-order valence-corrected chi connectivity index (χ1v) is 12.1. The smallest absolute Gasteiger partial charge is 0.335 e. The highest BCUT2D eigenvalue weighted by molar-refractivity contribution is 5.66. The molecule has 3 saturated carbocycles. The highest BCUT2D eigenvalue weighted by atomic mass is 16.5. The number of rotatable bonds is 2. The molecule has 0 aromatic carbocycles. The normalized spacial score (nSPS) is 46.5. The lowest BCUT2D eigenvalue weighted by atomic mass is 9.42. The summed E-state index contributed by atoms with van der Waals surface area (Å²) in [6.45, 7) is 5.46. The van der Waals surface area contributed by atoms with Crippen LogP contribution in [-0.4, -0.2) is 44.7 Å². The summed E-state index contributed by atoms with van der Waals surface area (Å²) in [5, 5.41) is 35.1. The van der Waals surface area contributed by atoms with Gasteiger partial charge in [-0.15, -0.1) is 0 Å². The number of hydrogen-bond donors (Lipinski definition) is 3. The van der Waals surface area contributed by atoms with Crippen LogP contribution in [0.1, 0.15) is 77.2 Å². The van der Waals surface area contributed by atoms with Gasteiger partial charge in [-0.3, -0.25) is 4.79 Å². The summed E-state index contributed by atoms with van der Waals surface area (Å²) in [5.74, 6) is -0.734. The quantitative estimate of drug-likeness (QED) is 0.461. The van der Waals surface area contributed by atoms with E-state index in [4.69, 9.17) is 9.15 Å². The molecule has 3 N–H and O–H groups in total. The maximum atomic E-state index is 12.4. The predicted octanol–water partition coefficient (Wildman–Crippen LogP) is 2.82. The summed E-state index contributed by atoms with van der Waals surface area (Å²) in [5.41, 5.74) is -2.66. The molecule has 33 heavy (non-hydrogen) atoms. The number of esters is 1. The fraction of sp³-hybridized carbons (Fsp3) is 0.692. The first-order chi connectivity index (χ1) is 15.4. The van der Waals surface area contributed by atoms with Crippen molar-refractivity contribution in [3.05, 3.63) is 46.0 Å². The van der Waals surface area contributed by atoms with Crippen LogP contribution in [0.25, 0.3) is 0 Å². The zero-order valence-corrected chi connectivity index (χ0v) is 19.5. The lowest BCUT2D eigenvalue weighted by Gasteiger charge is -2.66. The Morgan fingerprint density at radius 1 is 1.12 bits per heavy atom. The Morgan fingerprint density at radius 3 is 2.55 bits per heavy atom. The number of fused-ring (bicyclic) bond motifs is 5. The molecule has 4 aliphatic carbocycles. The number of hydrogen-bond acceptors (Lipinski definition) is 7. The first-order valence-electron chi connectivity index (χ1n) is 12.1. The van der Waals surface area contributed by atoms with Gasteiger partial charge in [0, 0.05) is 24.8 Å². The molecule has 0 bridgehead atoms. The number of aliphatic hydroxyl groups is 3. The Hall–Kier alpha value is -1.96. The van der Waals surface area contributed by atoms with Crippen LogP contribution in [-0.2, 0) is 9.53 Å². The number of ether oxygens (including phenoxy) is 1. The van der Waals surface area contributed by atoms with Crippen LogP contribution in [0.15, 0.2) is 39.3 Å². The van der Waals surface area contributed by atoms with Crippen molar-refractivity contribution in [3.63, 3.8) is 0 Å². The Kier molecular flexibility index (Phi) is 5.02. The zero-order valence-electron chi connectivity index (χ0n) is 19.5. The molecule has 5 rings (SSSR count). The van der Waals surface area contributed by atoms with Crippen LogP contribution < -0.4 is 5.63 Å². The van der Waals surface area contributed by atoms with Crippen LogP contribution in [0.3, 0.4) is 0 Å². The largest absolute Gasteiger partial charge is 0.458 e. The van der Waals surface area contributed by atoms with Crippen molar-refractivity contribution in [2.45, 2.75) is 95.0 Å². The summed E-state index contributed by atoms with van der Waals surface area (Å²) >= 11 is 0. The summed E-state index contributed by atoms with van der Waals surface area (Å²) in [6, 6.07) is 3.16. The van der Waals surface area contributed by atoms with Crippen molar-refractivity contribution < 1.29 is 29.3 Å². The van der Waals surface area contributed by atoms with Crippen molar-refractivity contribution >= 4 is 5.97 Å². The Bertz CT molecular complexity index is 1040. The van der Waals surface area contributed by atoms with E-state index >= 15 is 0 Å². The molecule has 0 aliphatic heterocycles. The summed E-state index contributed by atoms with van der Waals surface area (Å²) in [4.78, 5) is 23.5. The van der Waals surface area contributed by atoms with Crippen molar-refractivity contribution in [1.29, 1.82) is 0 Å². The second-order valence-electron chi connectivity index (χ2n) is 11.2. The van der Waals surface area contributed by atoms with Crippen LogP contribution in [0.4, 0.5) is 0 Å². The fourth-order valence-electron chi connectivity index (χ4n) is 8.19. The predicted molar refractivity (Wildman–Crippen MR) is 119 cm³/mol. The van der Waals surface area contributed by atoms with E-state index in [1.54, 1.807) is 12.1 Å². The van der Waals surface area contributed by atoms with Gasteiger partial charge >= 0.3 is 11.6 Å². The van der Waals surface area contributed by atoms with E-state index in [1.165, 1.54) is 19.3 Å². The van der Waals surface area contributed by atoms with Gasteiger partial charge < -0.3 is 24.5 Å². The summed E-state index contributed by atoms with van der Waals surface area (Å²) in [6.07, 6.45) is 5.81. The Morgan fingerprint density at radius 2 is 1.88 bits per heavy atom. The van der Waals surface area contributed by atoms with E-state index in [0.29, 0.717) is 38.5 Å². The van der Waals surface area contributed by atoms with E-state index in [2.05, 4.69) is 6.92 Å². The first kappa shape index (κ1) is 22.8. The number of carbonyl (C=O) groups is 1. The molecule has 7 nitrogen and oxygen atoms in total. The van der Waals surface area contributed by atoms with Crippen LogP contribution >= 0.6 is 0 Å². The van der Waals surface area contributed by atoms with Crippen molar-refractivity contribution in [3.8, 4) is 0 Å². The topological polar surface area (TPSA) is 117 Å². The minimum absolute atomic E-state index is 0.0677. The van der Waals surface area contributed by atoms with Crippen LogP contribution in [0, 0.1) is 16.7 Å². The van der Waals surface area contributed by atoms with E-state index in [-0.39, 0.29) is 18.3 Å². The van der Waals surface area contributed by atoms with E-state index < -0.39 is 45.8 Å². The van der Waals surface area contributed by atoms with Crippen LogP contribution in [0.5, 0.6) is 0 Å². The van der Waals surface area contributed by atoms with Gasteiger partial charge in [0.1, 0.15) is 11.7 Å². The van der Waals surface area contributed by atoms with Crippen molar-refractivity contribution in [1.82, 2.24) is 0 Å². The van der Waals surface area contributed by atoms with Crippen molar-refractivity contribution in [2.75, 3.05) is 0 Å². The molecule has 8 atom stereocenters. The fourth-order valence-corrected chi connectivity index (χ4v) is 8.19. The maximum Gasteiger partial charge on any atom is 0.335 e. The lowest BCUT2D eigenvalue weighted by molar-refractivity contribution is -0.285. The summed E-state index contributed by atoms with van der Waals surface area (Å²) in [7, 11) is 0. The van der Waals surface area contributed by atoms with Gasteiger partial charge in [-0.1, -0.05) is 19.9 Å². The molecular formula is C26H34O7. The van der Waals surface area contributed by atoms with E-state index in [1.807, 2.05) is 6.92 Å². The van der Waals surface area contributed by atoms with Gasteiger partial charge in [0.05, 0.1) is 18.0 Å².